The fraction of sp³-hybridized carbons (Fsp3) is 0.250. The van der Waals surface area contributed by atoms with Crippen LogP contribution in [0.3, 0.4) is 0 Å². The number of thiophene rings is 1. The summed E-state index contributed by atoms with van der Waals surface area (Å²) >= 11 is 1.56. The van der Waals surface area contributed by atoms with E-state index in [2.05, 4.69) is 15.6 Å². The predicted octanol–water partition coefficient (Wildman–Crippen LogP) is 0.494. The Hall–Kier alpha value is -1.36. The van der Waals surface area contributed by atoms with Crippen molar-refractivity contribution in [2.75, 3.05) is 7.05 Å². The number of carbonyl (C=O) groups excluding carboxylic acids is 1. The summed E-state index contributed by atoms with van der Waals surface area (Å²) in [4.78, 5) is 16.3. The zero-order chi connectivity index (χ0) is 9.26. The zero-order valence-corrected chi connectivity index (χ0v) is 7.89. The van der Waals surface area contributed by atoms with Gasteiger partial charge in [0.05, 0.1) is 0 Å². The molecule has 1 atom stereocenters. The summed E-state index contributed by atoms with van der Waals surface area (Å²) in [6, 6.07) is 3.59. The second kappa shape index (κ2) is 3.18. The van der Waals surface area contributed by atoms with Crippen molar-refractivity contribution >= 4 is 23.2 Å². The van der Waals surface area contributed by atoms with Crippen molar-refractivity contribution in [2.24, 2.45) is 4.99 Å². The van der Waals surface area contributed by atoms with Crippen molar-refractivity contribution in [3.8, 4) is 0 Å². The van der Waals surface area contributed by atoms with Crippen LogP contribution >= 0.6 is 11.3 Å². The monoisotopic (exact) mass is 195 g/mol. The van der Waals surface area contributed by atoms with Gasteiger partial charge in [-0.1, -0.05) is 6.07 Å². The third kappa shape index (κ3) is 1.42. The highest BCUT2D eigenvalue weighted by atomic mass is 32.1. The second-order valence-electron chi connectivity index (χ2n) is 2.65. The Balaban J connectivity index is 2.23. The van der Waals surface area contributed by atoms with Crippen LogP contribution in [-0.4, -0.2) is 18.9 Å². The molecule has 13 heavy (non-hydrogen) atoms. The molecule has 1 aromatic rings. The highest BCUT2D eigenvalue weighted by Crippen LogP contribution is 2.21. The summed E-state index contributed by atoms with van der Waals surface area (Å²) < 4.78 is 0. The molecular weight excluding hydrogens is 186 g/mol. The van der Waals surface area contributed by atoms with Gasteiger partial charge < -0.3 is 5.32 Å². The molecule has 1 unspecified atom stereocenters. The first kappa shape index (κ1) is 8.25. The zero-order valence-electron chi connectivity index (χ0n) is 7.07. The van der Waals surface area contributed by atoms with E-state index in [1.54, 1.807) is 18.4 Å². The fourth-order valence-corrected chi connectivity index (χ4v) is 1.98. The molecule has 0 aromatic carbocycles. The Morgan fingerprint density at radius 3 is 3.00 bits per heavy atom. The SMILES string of the molecule is CN=C1NC(=O)C(c2cccs2)N1. The molecule has 0 radical (unpaired) electrons. The van der Waals surface area contributed by atoms with Crippen molar-refractivity contribution in [3.63, 3.8) is 0 Å². The molecule has 1 aliphatic rings. The quantitative estimate of drug-likeness (QED) is 0.685. The van der Waals surface area contributed by atoms with Gasteiger partial charge in [0, 0.05) is 11.9 Å². The van der Waals surface area contributed by atoms with Gasteiger partial charge in [-0.25, -0.2) is 0 Å². The maximum atomic E-state index is 11.4. The van der Waals surface area contributed by atoms with Crippen LogP contribution in [0.4, 0.5) is 0 Å². The molecule has 2 heterocycles. The number of aliphatic imine (C=N–C) groups is 1. The van der Waals surface area contributed by atoms with E-state index in [9.17, 15) is 4.79 Å². The van der Waals surface area contributed by atoms with E-state index in [1.807, 2.05) is 17.5 Å². The average molecular weight is 195 g/mol. The van der Waals surface area contributed by atoms with Crippen LogP contribution in [0, 0.1) is 0 Å². The summed E-state index contributed by atoms with van der Waals surface area (Å²) in [7, 11) is 1.64. The number of guanidine groups is 1. The van der Waals surface area contributed by atoms with E-state index in [0.29, 0.717) is 5.96 Å². The largest absolute Gasteiger partial charge is 0.340 e. The van der Waals surface area contributed by atoms with Crippen LogP contribution in [0.5, 0.6) is 0 Å². The Bertz CT molecular complexity index is 344. The normalized spacial score (nSPS) is 24.5. The summed E-state index contributed by atoms with van der Waals surface area (Å²) in [6.45, 7) is 0. The number of rotatable bonds is 1. The van der Waals surface area contributed by atoms with E-state index >= 15 is 0 Å². The summed E-state index contributed by atoms with van der Waals surface area (Å²) in [5.74, 6) is 0.506. The number of amides is 1. The highest BCUT2D eigenvalue weighted by Gasteiger charge is 2.29. The van der Waals surface area contributed by atoms with E-state index in [-0.39, 0.29) is 11.9 Å². The summed E-state index contributed by atoms with van der Waals surface area (Å²) in [5, 5.41) is 7.59. The lowest BCUT2D eigenvalue weighted by Crippen LogP contribution is -2.24. The molecule has 1 amide bonds. The smallest absolute Gasteiger partial charge is 0.254 e. The van der Waals surface area contributed by atoms with Gasteiger partial charge in [-0.2, -0.15) is 0 Å². The van der Waals surface area contributed by atoms with Gasteiger partial charge in [0.2, 0.25) is 0 Å². The van der Waals surface area contributed by atoms with Crippen LogP contribution in [0.25, 0.3) is 0 Å². The molecule has 1 aliphatic heterocycles. The third-order valence-electron chi connectivity index (χ3n) is 1.84. The minimum atomic E-state index is -0.265. The molecule has 2 N–H and O–H groups in total. The fourth-order valence-electron chi connectivity index (χ4n) is 1.20. The molecule has 5 heteroatoms. The van der Waals surface area contributed by atoms with E-state index in [4.69, 9.17) is 0 Å². The van der Waals surface area contributed by atoms with E-state index < -0.39 is 0 Å². The van der Waals surface area contributed by atoms with Gasteiger partial charge in [-0.15, -0.1) is 11.3 Å². The van der Waals surface area contributed by atoms with Gasteiger partial charge in [0.15, 0.2) is 5.96 Å². The molecule has 2 rings (SSSR count). The van der Waals surface area contributed by atoms with Crippen molar-refractivity contribution in [1.82, 2.24) is 10.6 Å². The number of hydrogen-bond acceptors (Lipinski definition) is 3. The molecule has 0 spiro atoms. The van der Waals surface area contributed by atoms with Crippen molar-refractivity contribution in [2.45, 2.75) is 6.04 Å². The lowest BCUT2D eigenvalue weighted by molar-refractivity contribution is -0.120. The first-order chi connectivity index (χ1) is 6.31. The number of carbonyl (C=O) groups is 1. The van der Waals surface area contributed by atoms with Crippen LogP contribution < -0.4 is 10.6 Å². The number of hydrogen-bond donors (Lipinski definition) is 2. The molecule has 1 saturated heterocycles. The van der Waals surface area contributed by atoms with Gasteiger partial charge in [-0.05, 0) is 11.4 Å². The Kier molecular flexibility index (Phi) is 2.02. The Morgan fingerprint density at radius 1 is 1.62 bits per heavy atom. The van der Waals surface area contributed by atoms with E-state index in [0.717, 1.165) is 4.88 Å². The molecule has 1 aromatic heterocycles. The van der Waals surface area contributed by atoms with Crippen molar-refractivity contribution < 1.29 is 4.79 Å². The van der Waals surface area contributed by atoms with Crippen molar-refractivity contribution in [3.05, 3.63) is 22.4 Å². The standard InChI is InChI=1S/C8H9N3OS/c1-9-8-10-6(7(12)11-8)5-3-2-4-13-5/h2-4,6H,1H3,(H2,9,10,11,12). The number of nitrogens with one attached hydrogen (secondary N) is 2. The number of nitrogens with zero attached hydrogens (tertiary/aromatic N) is 1. The Morgan fingerprint density at radius 2 is 2.46 bits per heavy atom. The van der Waals surface area contributed by atoms with Crippen LogP contribution in [0.1, 0.15) is 10.9 Å². The molecule has 0 aliphatic carbocycles. The third-order valence-corrected chi connectivity index (χ3v) is 2.77. The lowest BCUT2D eigenvalue weighted by Gasteiger charge is -2.02. The lowest BCUT2D eigenvalue weighted by atomic mass is 10.2. The molecular formula is C8H9N3OS. The maximum Gasteiger partial charge on any atom is 0.254 e. The molecule has 4 nitrogen and oxygen atoms in total. The minimum Gasteiger partial charge on any atom is -0.340 e. The van der Waals surface area contributed by atoms with E-state index in [1.165, 1.54) is 0 Å². The molecule has 1 fully saturated rings. The van der Waals surface area contributed by atoms with Crippen LogP contribution in [-0.2, 0) is 4.79 Å². The molecule has 0 bridgehead atoms. The first-order valence-corrected chi connectivity index (χ1v) is 4.77. The van der Waals surface area contributed by atoms with Crippen LogP contribution in [0.15, 0.2) is 22.5 Å². The second-order valence-corrected chi connectivity index (χ2v) is 3.63. The van der Waals surface area contributed by atoms with Crippen LogP contribution in [0.2, 0.25) is 0 Å². The topological polar surface area (TPSA) is 53.5 Å². The maximum absolute atomic E-state index is 11.4. The van der Waals surface area contributed by atoms with Gasteiger partial charge in [0.1, 0.15) is 6.04 Å². The molecule has 0 saturated carbocycles. The van der Waals surface area contributed by atoms with Crippen molar-refractivity contribution in [1.29, 1.82) is 0 Å². The Labute approximate surface area is 79.7 Å². The minimum absolute atomic E-state index is 0.0388. The van der Waals surface area contributed by atoms with Gasteiger partial charge in [-0.3, -0.25) is 15.1 Å². The highest BCUT2D eigenvalue weighted by molar-refractivity contribution is 7.10. The van der Waals surface area contributed by atoms with Gasteiger partial charge in [0.25, 0.3) is 5.91 Å². The predicted molar refractivity (Wildman–Crippen MR) is 51.7 cm³/mol. The average Bonchev–Trinajstić information content (AvgIpc) is 2.72. The first-order valence-electron chi connectivity index (χ1n) is 3.89. The molecule has 68 valence electrons. The summed E-state index contributed by atoms with van der Waals surface area (Å²) in [5.41, 5.74) is 0. The van der Waals surface area contributed by atoms with Gasteiger partial charge >= 0.3 is 0 Å². The summed E-state index contributed by atoms with van der Waals surface area (Å²) in [6.07, 6.45) is 0.